The van der Waals surface area contributed by atoms with E-state index in [0.29, 0.717) is 6.54 Å². The Labute approximate surface area is 59.5 Å². The third-order valence-corrected chi connectivity index (χ3v) is 1.27. The molecule has 1 aromatic rings. The van der Waals surface area contributed by atoms with Gasteiger partial charge in [0.1, 0.15) is 11.6 Å². The lowest BCUT2D eigenvalue weighted by molar-refractivity contribution is 0.267. The van der Waals surface area contributed by atoms with Gasteiger partial charge < -0.3 is 5.11 Å². The second kappa shape index (κ2) is 2.79. The molecule has 10 heavy (non-hydrogen) atoms. The molecule has 0 spiro atoms. The first-order chi connectivity index (χ1) is 4.74. The number of aryl methyl sites for hydroxylation is 2. The summed E-state index contributed by atoms with van der Waals surface area (Å²) in [5.74, 6) is 1.61. The van der Waals surface area contributed by atoms with Crippen molar-refractivity contribution in [3.63, 3.8) is 0 Å². The molecular formula is C6H11N3O. The van der Waals surface area contributed by atoms with Crippen LogP contribution in [0.15, 0.2) is 0 Å². The van der Waals surface area contributed by atoms with Crippen LogP contribution in [0.3, 0.4) is 0 Å². The Balaban J connectivity index is 2.81. The number of aromatic nitrogens is 3. The maximum Gasteiger partial charge on any atom is 0.147 e. The molecule has 1 N–H and O–H groups in total. The lowest BCUT2D eigenvalue weighted by Gasteiger charge is -1.96. The van der Waals surface area contributed by atoms with Crippen LogP contribution in [0.25, 0.3) is 0 Å². The standard InChI is InChI=1S/C6H11N3O/c1-5-7-6(2)9(8-5)3-4-10/h10H,3-4H2,1-2H3. The molecule has 0 unspecified atom stereocenters. The average Bonchev–Trinajstić information content (AvgIpc) is 2.13. The monoisotopic (exact) mass is 141 g/mol. The summed E-state index contributed by atoms with van der Waals surface area (Å²) in [6, 6.07) is 0. The lowest BCUT2D eigenvalue weighted by atomic mass is 10.6. The molecule has 1 heterocycles. The summed E-state index contributed by atoms with van der Waals surface area (Å²) in [6.07, 6.45) is 0. The molecule has 1 rings (SSSR count). The van der Waals surface area contributed by atoms with Gasteiger partial charge in [0.2, 0.25) is 0 Å². The topological polar surface area (TPSA) is 50.9 Å². The first-order valence-corrected chi connectivity index (χ1v) is 3.23. The molecule has 0 saturated heterocycles. The van der Waals surface area contributed by atoms with E-state index in [4.69, 9.17) is 5.11 Å². The minimum Gasteiger partial charge on any atom is -0.394 e. The van der Waals surface area contributed by atoms with Gasteiger partial charge in [0, 0.05) is 0 Å². The molecular weight excluding hydrogens is 130 g/mol. The molecule has 0 aliphatic rings. The number of rotatable bonds is 2. The molecule has 0 aromatic carbocycles. The first-order valence-electron chi connectivity index (χ1n) is 3.23. The summed E-state index contributed by atoms with van der Waals surface area (Å²) >= 11 is 0. The Morgan fingerprint density at radius 3 is 2.60 bits per heavy atom. The summed E-state index contributed by atoms with van der Waals surface area (Å²) in [6.45, 7) is 4.35. The Morgan fingerprint density at radius 1 is 1.50 bits per heavy atom. The van der Waals surface area contributed by atoms with Crippen molar-refractivity contribution in [1.29, 1.82) is 0 Å². The molecule has 0 fully saturated rings. The normalized spacial score (nSPS) is 10.3. The smallest absolute Gasteiger partial charge is 0.147 e. The van der Waals surface area contributed by atoms with Crippen LogP contribution in [0.5, 0.6) is 0 Å². The fraction of sp³-hybridized carbons (Fsp3) is 0.667. The number of nitrogens with zero attached hydrogens (tertiary/aromatic N) is 3. The fourth-order valence-electron chi connectivity index (χ4n) is 0.868. The van der Waals surface area contributed by atoms with E-state index >= 15 is 0 Å². The highest BCUT2D eigenvalue weighted by molar-refractivity contribution is 4.86. The SMILES string of the molecule is Cc1nc(C)n(CCO)n1. The maximum absolute atomic E-state index is 8.56. The first kappa shape index (κ1) is 7.21. The Bertz CT molecular complexity index is 219. The fourth-order valence-corrected chi connectivity index (χ4v) is 0.868. The highest BCUT2D eigenvalue weighted by Crippen LogP contribution is 1.93. The Hall–Kier alpha value is -0.900. The van der Waals surface area contributed by atoms with Gasteiger partial charge in [-0.05, 0) is 13.8 Å². The van der Waals surface area contributed by atoms with Crippen molar-refractivity contribution in [2.45, 2.75) is 20.4 Å². The van der Waals surface area contributed by atoms with Crippen LogP contribution in [0, 0.1) is 13.8 Å². The zero-order valence-corrected chi connectivity index (χ0v) is 6.20. The van der Waals surface area contributed by atoms with Crippen molar-refractivity contribution in [3.05, 3.63) is 11.6 Å². The maximum atomic E-state index is 8.56. The number of hydrogen-bond acceptors (Lipinski definition) is 3. The van der Waals surface area contributed by atoms with Crippen LogP contribution in [0.4, 0.5) is 0 Å². The van der Waals surface area contributed by atoms with Crippen molar-refractivity contribution in [2.24, 2.45) is 0 Å². The quantitative estimate of drug-likeness (QED) is 0.625. The van der Waals surface area contributed by atoms with E-state index in [9.17, 15) is 0 Å². The van der Waals surface area contributed by atoms with E-state index in [1.807, 2.05) is 13.8 Å². The van der Waals surface area contributed by atoms with Gasteiger partial charge in [-0.1, -0.05) is 0 Å². The van der Waals surface area contributed by atoms with Gasteiger partial charge in [-0.25, -0.2) is 9.67 Å². The van der Waals surface area contributed by atoms with E-state index in [0.717, 1.165) is 11.6 Å². The van der Waals surface area contributed by atoms with Crippen LogP contribution in [0.2, 0.25) is 0 Å². The molecule has 1 aromatic heterocycles. The Morgan fingerprint density at radius 2 is 2.20 bits per heavy atom. The van der Waals surface area contributed by atoms with Crippen molar-refractivity contribution in [2.75, 3.05) is 6.61 Å². The van der Waals surface area contributed by atoms with Crippen LogP contribution < -0.4 is 0 Å². The van der Waals surface area contributed by atoms with Gasteiger partial charge in [0.05, 0.1) is 13.2 Å². The summed E-state index contributed by atoms with van der Waals surface area (Å²) in [4.78, 5) is 4.07. The number of hydrogen-bond donors (Lipinski definition) is 1. The van der Waals surface area contributed by atoms with E-state index in [1.165, 1.54) is 0 Å². The lowest BCUT2D eigenvalue weighted by Crippen LogP contribution is -2.05. The highest BCUT2D eigenvalue weighted by atomic mass is 16.3. The third-order valence-electron chi connectivity index (χ3n) is 1.27. The second-order valence-corrected chi connectivity index (χ2v) is 2.15. The van der Waals surface area contributed by atoms with Crippen molar-refractivity contribution in [1.82, 2.24) is 14.8 Å². The molecule has 0 aliphatic carbocycles. The summed E-state index contributed by atoms with van der Waals surface area (Å²) in [5.41, 5.74) is 0. The summed E-state index contributed by atoms with van der Waals surface area (Å²) in [7, 11) is 0. The average molecular weight is 141 g/mol. The van der Waals surface area contributed by atoms with Gasteiger partial charge in [0.25, 0.3) is 0 Å². The summed E-state index contributed by atoms with van der Waals surface area (Å²) < 4.78 is 1.69. The minimum atomic E-state index is 0.115. The molecule has 0 bridgehead atoms. The highest BCUT2D eigenvalue weighted by Gasteiger charge is 1.99. The summed E-state index contributed by atoms with van der Waals surface area (Å²) in [5, 5.41) is 12.6. The van der Waals surface area contributed by atoms with Crippen LogP contribution in [-0.4, -0.2) is 26.5 Å². The molecule has 4 heteroatoms. The van der Waals surface area contributed by atoms with Gasteiger partial charge >= 0.3 is 0 Å². The van der Waals surface area contributed by atoms with E-state index < -0.39 is 0 Å². The zero-order valence-electron chi connectivity index (χ0n) is 6.20. The van der Waals surface area contributed by atoms with Crippen molar-refractivity contribution < 1.29 is 5.11 Å². The van der Waals surface area contributed by atoms with Crippen LogP contribution in [-0.2, 0) is 6.54 Å². The molecule has 0 saturated carbocycles. The number of aliphatic hydroxyl groups excluding tert-OH is 1. The third kappa shape index (κ3) is 1.33. The van der Waals surface area contributed by atoms with Crippen molar-refractivity contribution in [3.8, 4) is 0 Å². The zero-order chi connectivity index (χ0) is 7.56. The molecule has 0 amide bonds. The van der Waals surface area contributed by atoms with E-state index in [1.54, 1.807) is 4.68 Å². The predicted octanol–water partition coefficient (Wildman–Crippen LogP) is -0.113. The number of aliphatic hydroxyl groups is 1. The molecule has 56 valence electrons. The van der Waals surface area contributed by atoms with Gasteiger partial charge in [-0.2, -0.15) is 5.10 Å². The van der Waals surface area contributed by atoms with E-state index in [-0.39, 0.29) is 6.61 Å². The van der Waals surface area contributed by atoms with E-state index in [2.05, 4.69) is 10.1 Å². The van der Waals surface area contributed by atoms with Crippen molar-refractivity contribution >= 4 is 0 Å². The largest absolute Gasteiger partial charge is 0.394 e. The molecule has 0 aliphatic heterocycles. The molecule has 0 atom stereocenters. The predicted molar refractivity (Wildman–Crippen MR) is 36.6 cm³/mol. The molecule has 0 radical (unpaired) electrons. The van der Waals surface area contributed by atoms with Crippen LogP contribution >= 0.6 is 0 Å². The minimum absolute atomic E-state index is 0.115. The van der Waals surface area contributed by atoms with Gasteiger partial charge in [0.15, 0.2) is 0 Å². The van der Waals surface area contributed by atoms with Crippen LogP contribution in [0.1, 0.15) is 11.6 Å². The van der Waals surface area contributed by atoms with Gasteiger partial charge in [-0.15, -0.1) is 0 Å². The van der Waals surface area contributed by atoms with Gasteiger partial charge in [-0.3, -0.25) is 0 Å². The Kier molecular flexibility index (Phi) is 2.01. The second-order valence-electron chi connectivity index (χ2n) is 2.15. The molecule has 4 nitrogen and oxygen atoms in total.